The summed E-state index contributed by atoms with van der Waals surface area (Å²) in [6.45, 7) is 3.71. The zero-order chi connectivity index (χ0) is 14.9. The minimum absolute atomic E-state index is 0.0807. The van der Waals surface area contributed by atoms with Crippen molar-refractivity contribution in [3.8, 4) is 0 Å². The number of amides is 1. The number of benzene rings is 1. The van der Waals surface area contributed by atoms with Crippen molar-refractivity contribution in [1.82, 2.24) is 9.97 Å². The molecule has 7 heteroatoms. The van der Waals surface area contributed by atoms with Crippen LogP contribution in [-0.2, 0) is 0 Å². The third-order valence-corrected chi connectivity index (χ3v) is 3.58. The average Bonchev–Trinajstić information content (AvgIpc) is 2.39. The lowest BCUT2D eigenvalue weighted by molar-refractivity contribution is 0.102. The Morgan fingerprint density at radius 3 is 2.60 bits per heavy atom. The van der Waals surface area contributed by atoms with Crippen molar-refractivity contribution >= 4 is 40.6 Å². The molecule has 0 saturated heterocycles. The van der Waals surface area contributed by atoms with Gasteiger partial charge in [-0.25, -0.2) is 9.97 Å². The van der Waals surface area contributed by atoms with Crippen LogP contribution in [0.4, 0.5) is 11.5 Å². The highest BCUT2D eigenvalue weighted by molar-refractivity contribution is 6.43. The first-order valence-electron chi connectivity index (χ1n) is 5.74. The van der Waals surface area contributed by atoms with E-state index in [9.17, 15) is 4.79 Å². The number of aromatic nitrogens is 2. The Kier molecular flexibility index (Phi) is 4.11. The van der Waals surface area contributed by atoms with Crippen molar-refractivity contribution in [2.45, 2.75) is 13.8 Å². The van der Waals surface area contributed by atoms with E-state index in [1.807, 2.05) is 19.9 Å². The molecule has 104 valence electrons. The Hall–Kier alpha value is -1.85. The predicted molar refractivity (Wildman–Crippen MR) is 80.3 cm³/mol. The highest BCUT2D eigenvalue weighted by Gasteiger charge is 2.15. The van der Waals surface area contributed by atoms with Gasteiger partial charge < -0.3 is 11.1 Å². The van der Waals surface area contributed by atoms with Gasteiger partial charge in [0.15, 0.2) is 11.0 Å². The molecule has 0 atom stereocenters. The predicted octanol–water partition coefficient (Wildman–Crippen LogP) is 3.23. The van der Waals surface area contributed by atoms with Gasteiger partial charge in [-0.15, -0.1) is 0 Å². The summed E-state index contributed by atoms with van der Waals surface area (Å²) in [6.07, 6.45) is 1.22. The highest BCUT2D eigenvalue weighted by atomic mass is 35.5. The SMILES string of the molecule is Cc1cc(C)c(C(=O)Nc2ncnc(Cl)c2Cl)cc1N. The summed E-state index contributed by atoms with van der Waals surface area (Å²) in [7, 11) is 0. The number of nitrogens with one attached hydrogen (secondary N) is 1. The molecule has 0 aliphatic rings. The van der Waals surface area contributed by atoms with Crippen molar-refractivity contribution < 1.29 is 4.79 Å². The summed E-state index contributed by atoms with van der Waals surface area (Å²) in [6, 6.07) is 3.47. The van der Waals surface area contributed by atoms with Crippen LogP contribution in [-0.4, -0.2) is 15.9 Å². The molecule has 1 aromatic heterocycles. The Bertz CT molecular complexity index is 688. The number of aryl methyl sites for hydroxylation is 2. The molecule has 0 aliphatic carbocycles. The van der Waals surface area contributed by atoms with Crippen LogP contribution in [0.15, 0.2) is 18.5 Å². The van der Waals surface area contributed by atoms with Crippen molar-refractivity contribution in [3.05, 3.63) is 45.3 Å². The topological polar surface area (TPSA) is 80.9 Å². The largest absolute Gasteiger partial charge is 0.398 e. The summed E-state index contributed by atoms with van der Waals surface area (Å²) < 4.78 is 0. The number of rotatable bonds is 2. The Morgan fingerprint density at radius 2 is 1.90 bits per heavy atom. The quantitative estimate of drug-likeness (QED) is 0.659. The van der Waals surface area contributed by atoms with Crippen LogP contribution < -0.4 is 11.1 Å². The average molecular weight is 311 g/mol. The fourth-order valence-corrected chi connectivity index (χ4v) is 2.00. The molecule has 0 aliphatic heterocycles. The molecule has 1 heterocycles. The molecular weight excluding hydrogens is 299 g/mol. The normalized spacial score (nSPS) is 10.4. The van der Waals surface area contributed by atoms with E-state index in [2.05, 4.69) is 15.3 Å². The summed E-state index contributed by atoms with van der Waals surface area (Å²) in [4.78, 5) is 19.8. The number of carbonyl (C=O) groups is 1. The van der Waals surface area contributed by atoms with Crippen molar-refractivity contribution in [2.24, 2.45) is 0 Å². The maximum Gasteiger partial charge on any atom is 0.257 e. The summed E-state index contributed by atoms with van der Waals surface area (Å²) in [5, 5.41) is 2.77. The molecule has 0 radical (unpaired) electrons. The fourth-order valence-electron chi connectivity index (χ4n) is 1.72. The number of carbonyl (C=O) groups excluding carboxylic acids is 1. The fraction of sp³-hybridized carbons (Fsp3) is 0.154. The van der Waals surface area contributed by atoms with Gasteiger partial charge in [-0.1, -0.05) is 29.3 Å². The van der Waals surface area contributed by atoms with Gasteiger partial charge in [-0.2, -0.15) is 0 Å². The minimum Gasteiger partial charge on any atom is -0.398 e. The second kappa shape index (κ2) is 5.64. The maximum absolute atomic E-state index is 12.2. The number of halogens is 2. The van der Waals surface area contributed by atoms with E-state index in [1.165, 1.54) is 6.33 Å². The van der Waals surface area contributed by atoms with Gasteiger partial charge in [0.2, 0.25) is 0 Å². The summed E-state index contributed by atoms with van der Waals surface area (Å²) >= 11 is 11.7. The lowest BCUT2D eigenvalue weighted by Crippen LogP contribution is -2.15. The molecule has 2 rings (SSSR count). The van der Waals surface area contributed by atoms with Crippen LogP contribution >= 0.6 is 23.2 Å². The van der Waals surface area contributed by atoms with Crippen molar-refractivity contribution in [1.29, 1.82) is 0 Å². The van der Waals surface area contributed by atoms with Crippen LogP contribution in [0.3, 0.4) is 0 Å². The van der Waals surface area contributed by atoms with Gasteiger partial charge in [0.25, 0.3) is 5.91 Å². The smallest absolute Gasteiger partial charge is 0.257 e. The van der Waals surface area contributed by atoms with Crippen LogP contribution in [0.25, 0.3) is 0 Å². The molecular formula is C13H12Cl2N4O. The zero-order valence-electron chi connectivity index (χ0n) is 10.9. The zero-order valence-corrected chi connectivity index (χ0v) is 12.4. The van der Waals surface area contributed by atoms with Gasteiger partial charge >= 0.3 is 0 Å². The third kappa shape index (κ3) is 2.84. The number of nitrogen functional groups attached to an aromatic ring is 1. The van der Waals surface area contributed by atoms with E-state index < -0.39 is 0 Å². The molecule has 3 N–H and O–H groups in total. The number of hydrogen-bond donors (Lipinski definition) is 2. The highest BCUT2D eigenvalue weighted by Crippen LogP contribution is 2.26. The van der Waals surface area contributed by atoms with Gasteiger partial charge in [-0.3, -0.25) is 4.79 Å². The van der Waals surface area contributed by atoms with Crippen LogP contribution in [0.1, 0.15) is 21.5 Å². The number of hydrogen-bond acceptors (Lipinski definition) is 4. The molecule has 0 spiro atoms. The van der Waals surface area contributed by atoms with E-state index in [0.29, 0.717) is 11.3 Å². The van der Waals surface area contributed by atoms with Crippen LogP contribution in [0.5, 0.6) is 0 Å². The van der Waals surface area contributed by atoms with Gasteiger partial charge in [0.05, 0.1) is 0 Å². The third-order valence-electron chi connectivity index (χ3n) is 2.84. The first-order chi connectivity index (χ1) is 9.40. The molecule has 20 heavy (non-hydrogen) atoms. The molecule has 0 fully saturated rings. The Labute approximate surface area is 126 Å². The monoisotopic (exact) mass is 310 g/mol. The van der Waals surface area contributed by atoms with E-state index in [-0.39, 0.29) is 21.9 Å². The van der Waals surface area contributed by atoms with Crippen molar-refractivity contribution in [3.63, 3.8) is 0 Å². The molecule has 1 amide bonds. The van der Waals surface area contributed by atoms with E-state index >= 15 is 0 Å². The maximum atomic E-state index is 12.2. The van der Waals surface area contributed by atoms with E-state index in [4.69, 9.17) is 28.9 Å². The van der Waals surface area contributed by atoms with Crippen LogP contribution in [0, 0.1) is 13.8 Å². The van der Waals surface area contributed by atoms with Gasteiger partial charge in [-0.05, 0) is 31.0 Å². The molecule has 1 aromatic carbocycles. The first-order valence-corrected chi connectivity index (χ1v) is 6.50. The summed E-state index contributed by atoms with van der Waals surface area (Å²) in [5.41, 5.74) is 8.56. The van der Waals surface area contributed by atoms with Crippen LogP contribution in [0.2, 0.25) is 10.2 Å². The van der Waals surface area contributed by atoms with Crippen molar-refractivity contribution in [2.75, 3.05) is 11.1 Å². The minimum atomic E-state index is -0.356. The first kappa shape index (κ1) is 14.6. The lowest BCUT2D eigenvalue weighted by atomic mass is 10.0. The van der Waals surface area contributed by atoms with Gasteiger partial charge in [0, 0.05) is 11.3 Å². The molecule has 0 unspecified atom stereocenters. The summed E-state index contributed by atoms with van der Waals surface area (Å²) in [5.74, 6) is -0.193. The molecule has 5 nitrogen and oxygen atoms in total. The van der Waals surface area contributed by atoms with E-state index in [0.717, 1.165) is 11.1 Å². The molecule has 2 aromatic rings. The number of nitrogens with zero attached hydrogens (tertiary/aromatic N) is 2. The van der Waals surface area contributed by atoms with Gasteiger partial charge in [0.1, 0.15) is 11.3 Å². The standard InChI is InChI=1S/C13H12Cl2N4O/c1-6-3-7(2)9(16)4-8(6)13(20)19-12-10(14)11(15)17-5-18-12/h3-5H,16H2,1-2H3,(H,17,18,19,20). The Morgan fingerprint density at radius 1 is 1.20 bits per heavy atom. The molecule has 0 bridgehead atoms. The second-order valence-corrected chi connectivity index (χ2v) is 5.04. The Balaban J connectivity index is 2.33. The molecule has 0 saturated carbocycles. The lowest BCUT2D eigenvalue weighted by Gasteiger charge is -2.10. The second-order valence-electron chi connectivity index (χ2n) is 4.30. The van der Waals surface area contributed by atoms with E-state index in [1.54, 1.807) is 6.07 Å². The number of anilines is 2. The number of nitrogens with two attached hydrogens (primary N) is 1.